The van der Waals surface area contributed by atoms with Crippen LogP contribution < -0.4 is 5.32 Å². The van der Waals surface area contributed by atoms with Crippen molar-refractivity contribution in [3.8, 4) is 0 Å². The number of carbonyl (C=O) groups is 1. The van der Waals surface area contributed by atoms with Crippen LogP contribution in [0.1, 0.15) is 12.5 Å². The van der Waals surface area contributed by atoms with Gasteiger partial charge < -0.3 is 10.2 Å². The van der Waals surface area contributed by atoms with Gasteiger partial charge in [0.25, 0.3) is 0 Å². The molecular weight excluding hydrogens is 327 g/mol. The fourth-order valence-corrected chi connectivity index (χ4v) is 2.12. The zero-order chi connectivity index (χ0) is 12.8. The standard InChI is InChI=1S/C13H19IN2O/c1-10(13(17)15-2)8-16(3)9-11-4-6-12(14)7-5-11/h4-7,10H,8-9H2,1-3H3,(H,15,17). The maximum atomic E-state index is 11.4. The average molecular weight is 346 g/mol. The van der Waals surface area contributed by atoms with E-state index in [1.807, 2.05) is 14.0 Å². The minimum atomic E-state index is 0.0221. The van der Waals surface area contributed by atoms with E-state index < -0.39 is 0 Å². The van der Waals surface area contributed by atoms with Crippen LogP contribution in [-0.4, -0.2) is 31.4 Å². The van der Waals surface area contributed by atoms with Crippen molar-refractivity contribution in [2.75, 3.05) is 20.6 Å². The molecule has 94 valence electrons. The van der Waals surface area contributed by atoms with E-state index in [-0.39, 0.29) is 11.8 Å². The minimum Gasteiger partial charge on any atom is -0.359 e. The molecule has 0 saturated heterocycles. The second kappa shape index (κ2) is 6.96. The molecule has 0 aromatic heterocycles. The summed E-state index contributed by atoms with van der Waals surface area (Å²) >= 11 is 2.30. The largest absolute Gasteiger partial charge is 0.359 e. The van der Waals surface area contributed by atoms with Crippen LogP contribution in [0, 0.1) is 9.49 Å². The molecule has 0 aliphatic carbocycles. The topological polar surface area (TPSA) is 32.3 Å². The molecule has 1 rings (SSSR count). The summed E-state index contributed by atoms with van der Waals surface area (Å²) in [5.41, 5.74) is 1.28. The van der Waals surface area contributed by atoms with Crippen LogP contribution in [0.4, 0.5) is 0 Å². The summed E-state index contributed by atoms with van der Waals surface area (Å²) in [7, 11) is 3.72. The van der Waals surface area contributed by atoms with E-state index >= 15 is 0 Å². The van der Waals surface area contributed by atoms with Gasteiger partial charge >= 0.3 is 0 Å². The highest BCUT2D eigenvalue weighted by Crippen LogP contribution is 2.09. The zero-order valence-corrected chi connectivity index (χ0v) is 12.7. The van der Waals surface area contributed by atoms with Crippen molar-refractivity contribution in [1.29, 1.82) is 0 Å². The molecule has 3 nitrogen and oxygen atoms in total. The van der Waals surface area contributed by atoms with E-state index in [4.69, 9.17) is 0 Å². The molecule has 0 aliphatic rings. The summed E-state index contributed by atoms with van der Waals surface area (Å²) in [6.45, 7) is 3.59. The Morgan fingerprint density at radius 3 is 2.53 bits per heavy atom. The van der Waals surface area contributed by atoms with Gasteiger partial charge in [0, 0.05) is 29.6 Å². The van der Waals surface area contributed by atoms with Gasteiger partial charge in [0.05, 0.1) is 0 Å². The summed E-state index contributed by atoms with van der Waals surface area (Å²) in [6.07, 6.45) is 0. The third kappa shape index (κ3) is 5.04. The van der Waals surface area contributed by atoms with Crippen LogP contribution in [0.25, 0.3) is 0 Å². The number of benzene rings is 1. The molecule has 1 aromatic rings. The number of hydrogen-bond donors (Lipinski definition) is 1. The van der Waals surface area contributed by atoms with Crippen LogP contribution in [0.5, 0.6) is 0 Å². The molecule has 1 N–H and O–H groups in total. The number of nitrogens with one attached hydrogen (secondary N) is 1. The van der Waals surface area contributed by atoms with Crippen molar-refractivity contribution in [2.24, 2.45) is 5.92 Å². The van der Waals surface area contributed by atoms with Gasteiger partial charge in [0.15, 0.2) is 0 Å². The Balaban J connectivity index is 2.46. The van der Waals surface area contributed by atoms with Crippen molar-refractivity contribution < 1.29 is 4.79 Å². The molecule has 0 fully saturated rings. The van der Waals surface area contributed by atoms with Crippen LogP contribution in [-0.2, 0) is 11.3 Å². The molecule has 0 radical (unpaired) electrons. The zero-order valence-electron chi connectivity index (χ0n) is 10.5. The lowest BCUT2D eigenvalue weighted by Crippen LogP contribution is -2.34. The molecule has 4 heteroatoms. The van der Waals surface area contributed by atoms with E-state index in [2.05, 4.69) is 57.1 Å². The second-order valence-electron chi connectivity index (χ2n) is 4.34. The highest BCUT2D eigenvalue weighted by Gasteiger charge is 2.13. The maximum absolute atomic E-state index is 11.4. The molecule has 17 heavy (non-hydrogen) atoms. The van der Waals surface area contributed by atoms with Gasteiger partial charge in [0.2, 0.25) is 5.91 Å². The Hall–Kier alpha value is -0.620. The summed E-state index contributed by atoms with van der Waals surface area (Å²) in [6, 6.07) is 8.46. The van der Waals surface area contributed by atoms with Gasteiger partial charge in [-0.25, -0.2) is 0 Å². The van der Waals surface area contributed by atoms with Gasteiger partial charge in [-0.05, 0) is 47.3 Å². The number of carbonyl (C=O) groups excluding carboxylic acids is 1. The normalized spacial score (nSPS) is 12.5. The van der Waals surface area contributed by atoms with Gasteiger partial charge in [-0.15, -0.1) is 0 Å². The smallest absolute Gasteiger partial charge is 0.223 e. The van der Waals surface area contributed by atoms with Gasteiger partial charge in [-0.2, -0.15) is 0 Å². The number of nitrogens with zero attached hydrogens (tertiary/aromatic N) is 1. The Bertz CT molecular complexity index is 364. The van der Waals surface area contributed by atoms with Crippen LogP contribution >= 0.6 is 22.6 Å². The molecule has 1 amide bonds. The quantitative estimate of drug-likeness (QED) is 0.829. The molecule has 0 saturated carbocycles. The number of hydrogen-bond acceptors (Lipinski definition) is 2. The molecule has 0 heterocycles. The van der Waals surface area contributed by atoms with E-state index in [9.17, 15) is 4.79 Å². The predicted molar refractivity (Wildman–Crippen MR) is 78.7 cm³/mol. The lowest BCUT2D eigenvalue weighted by Gasteiger charge is -2.20. The summed E-state index contributed by atoms with van der Waals surface area (Å²) < 4.78 is 1.24. The van der Waals surface area contributed by atoms with Crippen molar-refractivity contribution in [3.63, 3.8) is 0 Å². The molecule has 0 spiro atoms. The Kier molecular flexibility index (Phi) is 5.91. The van der Waals surface area contributed by atoms with E-state index in [0.29, 0.717) is 0 Å². The molecule has 1 atom stereocenters. The first kappa shape index (κ1) is 14.4. The number of amides is 1. The molecule has 0 bridgehead atoms. The minimum absolute atomic E-state index is 0.0221. The third-order valence-corrected chi connectivity index (χ3v) is 3.36. The summed E-state index contributed by atoms with van der Waals surface area (Å²) in [5.74, 6) is 0.119. The number of rotatable bonds is 5. The van der Waals surface area contributed by atoms with Gasteiger partial charge in [-0.3, -0.25) is 4.79 Å². The summed E-state index contributed by atoms with van der Waals surface area (Å²) in [5, 5.41) is 2.67. The first-order valence-electron chi connectivity index (χ1n) is 5.67. The van der Waals surface area contributed by atoms with Gasteiger partial charge in [-0.1, -0.05) is 19.1 Å². The van der Waals surface area contributed by atoms with Gasteiger partial charge in [0.1, 0.15) is 0 Å². The first-order valence-corrected chi connectivity index (χ1v) is 6.75. The SMILES string of the molecule is CNC(=O)C(C)CN(C)Cc1ccc(I)cc1. The molecule has 1 unspecified atom stereocenters. The monoisotopic (exact) mass is 346 g/mol. The lowest BCUT2D eigenvalue weighted by atomic mass is 10.1. The molecule has 0 aliphatic heterocycles. The van der Waals surface area contributed by atoms with E-state index in [0.717, 1.165) is 13.1 Å². The molecule has 1 aromatic carbocycles. The Labute approximate surface area is 117 Å². The Morgan fingerprint density at radius 1 is 1.41 bits per heavy atom. The third-order valence-electron chi connectivity index (χ3n) is 2.65. The highest BCUT2D eigenvalue weighted by atomic mass is 127. The fraction of sp³-hybridized carbons (Fsp3) is 0.462. The van der Waals surface area contributed by atoms with Crippen molar-refractivity contribution >= 4 is 28.5 Å². The number of halogens is 1. The Morgan fingerprint density at radius 2 is 2.00 bits per heavy atom. The van der Waals surface area contributed by atoms with E-state index in [1.165, 1.54) is 9.13 Å². The second-order valence-corrected chi connectivity index (χ2v) is 5.58. The first-order chi connectivity index (χ1) is 8.02. The predicted octanol–water partition coefficient (Wildman–Crippen LogP) is 2.11. The fourth-order valence-electron chi connectivity index (χ4n) is 1.76. The van der Waals surface area contributed by atoms with Crippen LogP contribution in [0.3, 0.4) is 0 Å². The van der Waals surface area contributed by atoms with E-state index in [1.54, 1.807) is 7.05 Å². The summed E-state index contributed by atoms with van der Waals surface area (Å²) in [4.78, 5) is 13.6. The highest BCUT2D eigenvalue weighted by molar-refractivity contribution is 14.1. The lowest BCUT2D eigenvalue weighted by molar-refractivity contribution is -0.124. The van der Waals surface area contributed by atoms with Crippen molar-refractivity contribution in [2.45, 2.75) is 13.5 Å². The van der Waals surface area contributed by atoms with Crippen LogP contribution in [0.2, 0.25) is 0 Å². The van der Waals surface area contributed by atoms with Crippen molar-refractivity contribution in [3.05, 3.63) is 33.4 Å². The van der Waals surface area contributed by atoms with Crippen molar-refractivity contribution in [1.82, 2.24) is 10.2 Å². The molecular formula is C13H19IN2O. The van der Waals surface area contributed by atoms with Crippen LogP contribution in [0.15, 0.2) is 24.3 Å². The average Bonchev–Trinajstić information content (AvgIpc) is 2.30. The maximum Gasteiger partial charge on any atom is 0.223 e.